The van der Waals surface area contributed by atoms with Gasteiger partial charge in [0.1, 0.15) is 18.7 Å². The average Bonchev–Trinajstić information content (AvgIpc) is 3.57. The lowest BCUT2D eigenvalue weighted by atomic mass is 9.97. The van der Waals surface area contributed by atoms with Crippen LogP contribution < -0.4 is 10.6 Å². The van der Waals surface area contributed by atoms with Crippen molar-refractivity contribution in [2.75, 3.05) is 18.5 Å². The Balaban J connectivity index is 1.38. The lowest BCUT2D eigenvalue weighted by Gasteiger charge is -2.27. The maximum atomic E-state index is 13.5. The Morgan fingerprint density at radius 2 is 1.73 bits per heavy atom. The first-order chi connectivity index (χ1) is 17.8. The van der Waals surface area contributed by atoms with Crippen molar-refractivity contribution in [2.24, 2.45) is 11.8 Å². The van der Waals surface area contributed by atoms with E-state index in [4.69, 9.17) is 4.74 Å². The number of likely N-dealkylation sites (tertiary alicyclic amines) is 1. The van der Waals surface area contributed by atoms with Crippen LogP contribution in [0.3, 0.4) is 0 Å². The summed E-state index contributed by atoms with van der Waals surface area (Å²) in [5.41, 5.74) is 1.65. The predicted molar refractivity (Wildman–Crippen MR) is 139 cm³/mol. The summed E-state index contributed by atoms with van der Waals surface area (Å²) in [6, 6.07) is 19.6. The van der Waals surface area contributed by atoms with Crippen molar-refractivity contribution in [3.63, 3.8) is 0 Å². The molecule has 1 saturated carbocycles. The Morgan fingerprint density at radius 3 is 2.32 bits per heavy atom. The molecule has 194 valence electrons. The van der Waals surface area contributed by atoms with E-state index in [1.807, 2.05) is 62.4 Å². The smallest absolute Gasteiger partial charge is 0.407 e. The minimum atomic E-state index is -0.842. The summed E-state index contributed by atoms with van der Waals surface area (Å²) < 4.78 is 5.58. The third-order valence-corrected chi connectivity index (χ3v) is 7.16. The SMILES string of the molecule is CC(C)CC(NC(=O)OCC1(c2ccccc2)CC1)C(=O)N1CC(C(=O)Nc2ccccc2)CC1C#N. The zero-order valence-corrected chi connectivity index (χ0v) is 21.4. The molecule has 0 spiro atoms. The number of anilines is 1. The van der Waals surface area contributed by atoms with Gasteiger partial charge in [-0.25, -0.2) is 4.79 Å². The van der Waals surface area contributed by atoms with Crippen LogP contribution >= 0.6 is 0 Å². The summed E-state index contributed by atoms with van der Waals surface area (Å²) >= 11 is 0. The number of para-hydroxylation sites is 1. The molecule has 3 amide bonds. The topological polar surface area (TPSA) is 112 Å². The lowest BCUT2D eigenvalue weighted by Crippen LogP contribution is -2.51. The third-order valence-electron chi connectivity index (χ3n) is 7.16. The highest BCUT2D eigenvalue weighted by molar-refractivity contribution is 5.94. The number of carbonyl (C=O) groups excluding carboxylic acids is 3. The van der Waals surface area contributed by atoms with Crippen LogP contribution in [0.5, 0.6) is 0 Å². The number of hydrogen-bond acceptors (Lipinski definition) is 5. The Morgan fingerprint density at radius 1 is 1.08 bits per heavy atom. The van der Waals surface area contributed by atoms with E-state index in [0.717, 1.165) is 18.4 Å². The number of hydrogen-bond donors (Lipinski definition) is 2. The molecule has 0 bridgehead atoms. The van der Waals surface area contributed by atoms with E-state index in [2.05, 4.69) is 16.7 Å². The van der Waals surface area contributed by atoms with Gasteiger partial charge in [-0.15, -0.1) is 0 Å². The molecule has 1 saturated heterocycles. The molecule has 2 aromatic carbocycles. The average molecular weight is 503 g/mol. The molecule has 2 aromatic rings. The van der Waals surface area contributed by atoms with Crippen LogP contribution in [0, 0.1) is 23.2 Å². The van der Waals surface area contributed by atoms with Gasteiger partial charge in [0.25, 0.3) is 0 Å². The van der Waals surface area contributed by atoms with Crippen LogP contribution in [0.2, 0.25) is 0 Å². The number of alkyl carbamates (subject to hydrolysis) is 1. The van der Waals surface area contributed by atoms with Crippen LogP contribution in [0.1, 0.15) is 45.1 Å². The van der Waals surface area contributed by atoms with Crippen LogP contribution in [0.15, 0.2) is 60.7 Å². The maximum Gasteiger partial charge on any atom is 0.407 e. The first kappa shape index (κ1) is 26.2. The quantitative estimate of drug-likeness (QED) is 0.533. The number of carbonyl (C=O) groups is 3. The second-order valence-electron chi connectivity index (χ2n) is 10.5. The standard InChI is InChI=1S/C29H34N4O4/c1-20(2)15-25(32-28(36)37-19-29(13-14-29)22-9-5-3-6-10-22)27(35)33-18-21(16-24(33)17-30)26(34)31-23-11-7-4-8-12-23/h3-12,20-21,24-25H,13-16,18-19H2,1-2H3,(H,31,34)(H,32,36). The molecule has 37 heavy (non-hydrogen) atoms. The summed E-state index contributed by atoms with van der Waals surface area (Å²) in [5, 5.41) is 15.3. The molecule has 2 fully saturated rings. The fourth-order valence-electron chi connectivity index (χ4n) is 4.90. The van der Waals surface area contributed by atoms with Gasteiger partial charge in [-0.1, -0.05) is 62.4 Å². The highest BCUT2D eigenvalue weighted by Crippen LogP contribution is 2.48. The van der Waals surface area contributed by atoms with Gasteiger partial charge in [0, 0.05) is 17.6 Å². The lowest BCUT2D eigenvalue weighted by molar-refractivity contribution is -0.134. The Labute approximate surface area is 218 Å². The number of rotatable bonds is 9. The molecule has 0 aromatic heterocycles. The molecule has 0 radical (unpaired) electrons. The third kappa shape index (κ3) is 6.48. The van der Waals surface area contributed by atoms with Crippen molar-refractivity contribution in [3.05, 3.63) is 66.2 Å². The molecule has 3 atom stereocenters. The maximum absolute atomic E-state index is 13.5. The van der Waals surface area contributed by atoms with Gasteiger partial charge in [-0.05, 0) is 49.3 Å². The van der Waals surface area contributed by atoms with E-state index in [1.165, 1.54) is 4.90 Å². The molecule has 2 N–H and O–H groups in total. The van der Waals surface area contributed by atoms with Crippen molar-refractivity contribution in [3.8, 4) is 6.07 Å². The summed E-state index contributed by atoms with van der Waals surface area (Å²) in [5.74, 6) is -0.990. The van der Waals surface area contributed by atoms with Crippen molar-refractivity contribution in [2.45, 2.75) is 57.0 Å². The van der Waals surface area contributed by atoms with Gasteiger partial charge >= 0.3 is 6.09 Å². The molecule has 1 heterocycles. The molecule has 1 aliphatic heterocycles. The van der Waals surface area contributed by atoms with Crippen molar-refractivity contribution in [1.29, 1.82) is 5.26 Å². The van der Waals surface area contributed by atoms with Crippen LogP contribution in [0.25, 0.3) is 0 Å². The molecule has 2 aliphatic rings. The largest absolute Gasteiger partial charge is 0.449 e. The van der Waals surface area contributed by atoms with E-state index in [-0.39, 0.29) is 42.7 Å². The Hall–Kier alpha value is -3.86. The van der Waals surface area contributed by atoms with Gasteiger partial charge in [-0.2, -0.15) is 5.26 Å². The highest BCUT2D eigenvalue weighted by atomic mass is 16.5. The number of ether oxygens (including phenoxy) is 1. The Bertz CT molecular complexity index is 1140. The van der Waals surface area contributed by atoms with Crippen molar-refractivity contribution < 1.29 is 19.1 Å². The van der Waals surface area contributed by atoms with Crippen LogP contribution in [-0.4, -0.2) is 48.0 Å². The van der Waals surface area contributed by atoms with Gasteiger partial charge in [0.15, 0.2) is 0 Å². The van der Waals surface area contributed by atoms with Gasteiger partial charge in [0.2, 0.25) is 11.8 Å². The van der Waals surface area contributed by atoms with E-state index >= 15 is 0 Å². The van der Waals surface area contributed by atoms with Gasteiger partial charge in [0.05, 0.1) is 12.0 Å². The van der Waals surface area contributed by atoms with Crippen molar-refractivity contribution in [1.82, 2.24) is 10.2 Å². The van der Waals surface area contributed by atoms with Gasteiger partial charge in [-0.3, -0.25) is 9.59 Å². The van der Waals surface area contributed by atoms with Gasteiger partial charge < -0.3 is 20.3 Å². The normalized spacial score (nSPS) is 20.5. The van der Waals surface area contributed by atoms with E-state index in [9.17, 15) is 19.6 Å². The molecule has 8 heteroatoms. The second-order valence-corrected chi connectivity index (χ2v) is 10.5. The number of nitriles is 1. The molecular weight excluding hydrogens is 468 g/mol. The zero-order chi connectivity index (χ0) is 26.4. The number of nitrogens with zero attached hydrogens (tertiary/aromatic N) is 2. The van der Waals surface area contributed by atoms with Crippen LogP contribution in [-0.2, 0) is 19.7 Å². The second kappa shape index (κ2) is 11.5. The molecule has 8 nitrogen and oxygen atoms in total. The highest BCUT2D eigenvalue weighted by Gasteiger charge is 2.46. The van der Waals surface area contributed by atoms with Crippen LogP contribution in [0.4, 0.5) is 10.5 Å². The van der Waals surface area contributed by atoms with E-state index in [1.54, 1.807) is 12.1 Å². The first-order valence-corrected chi connectivity index (χ1v) is 12.9. The monoisotopic (exact) mass is 502 g/mol. The summed E-state index contributed by atoms with van der Waals surface area (Å²) in [6.45, 7) is 4.30. The number of benzene rings is 2. The fraction of sp³-hybridized carbons (Fsp3) is 0.448. The fourth-order valence-corrected chi connectivity index (χ4v) is 4.90. The molecule has 1 aliphatic carbocycles. The number of nitrogens with one attached hydrogen (secondary N) is 2. The summed E-state index contributed by atoms with van der Waals surface area (Å²) in [6.07, 6.45) is 1.89. The summed E-state index contributed by atoms with van der Waals surface area (Å²) in [7, 11) is 0. The Kier molecular flexibility index (Phi) is 8.12. The predicted octanol–water partition coefficient (Wildman–Crippen LogP) is 4.24. The zero-order valence-electron chi connectivity index (χ0n) is 21.4. The molecule has 3 unspecified atom stereocenters. The molecular formula is C29H34N4O4. The van der Waals surface area contributed by atoms with E-state index < -0.39 is 24.1 Å². The van der Waals surface area contributed by atoms with Crippen molar-refractivity contribution >= 4 is 23.6 Å². The minimum Gasteiger partial charge on any atom is -0.449 e. The van der Waals surface area contributed by atoms with E-state index in [0.29, 0.717) is 12.1 Å². The minimum absolute atomic E-state index is 0.119. The number of amides is 3. The molecule has 4 rings (SSSR count). The summed E-state index contributed by atoms with van der Waals surface area (Å²) in [4.78, 5) is 40.5. The first-order valence-electron chi connectivity index (χ1n) is 12.9.